The van der Waals surface area contributed by atoms with E-state index in [2.05, 4.69) is 19.4 Å². The molecule has 2 heterocycles. The van der Waals surface area contributed by atoms with Crippen LogP contribution in [0.25, 0.3) is 11.1 Å². The number of halogens is 1. The fourth-order valence-corrected chi connectivity index (χ4v) is 4.47. The third-order valence-electron chi connectivity index (χ3n) is 5.40. The van der Waals surface area contributed by atoms with Gasteiger partial charge in [-0.2, -0.15) is 0 Å². The molecule has 0 bridgehead atoms. The van der Waals surface area contributed by atoms with Crippen molar-refractivity contribution >= 4 is 33.3 Å². The van der Waals surface area contributed by atoms with Gasteiger partial charge in [-0.25, -0.2) is 17.8 Å². The Morgan fingerprint density at radius 1 is 1.11 bits per heavy atom. The lowest BCUT2D eigenvalue weighted by Gasteiger charge is -2.24. The van der Waals surface area contributed by atoms with Gasteiger partial charge in [0.1, 0.15) is 28.5 Å². The smallest absolute Gasteiger partial charge is 0.264 e. The molecular weight excluding hydrogens is 487 g/mol. The summed E-state index contributed by atoms with van der Waals surface area (Å²) in [6, 6.07) is 14.2. The number of carbonyl (C=O) groups excluding carboxylic acids is 1. The van der Waals surface area contributed by atoms with Crippen LogP contribution in [0.3, 0.4) is 0 Å². The molecular formula is C25H23FN4O5S. The maximum absolute atomic E-state index is 13.7. The van der Waals surface area contributed by atoms with Crippen LogP contribution < -0.4 is 14.4 Å². The monoisotopic (exact) mass is 510 g/mol. The van der Waals surface area contributed by atoms with Crippen molar-refractivity contribution in [3.8, 4) is 16.9 Å². The summed E-state index contributed by atoms with van der Waals surface area (Å²) in [5.74, 6) is 0.0637. The summed E-state index contributed by atoms with van der Waals surface area (Å²) in [7, 11) is -2.48. The van der Waals surface area contributed by atoms with Crippen LogP contribution in [0.1, 0.15) is 18.9 Å². The number of carbonyl (C=O) groups is 1. The number of hydrogen-bond donors (Lipinski definition) is 1. The molecule has 0 fully saturated rings. The van der Waals surface area contributed by atoms with E-state index in [0.717, 1.165) is 17.3 Å². The van der Waals surface area contributed by atoms with Gasteiger partial charge in [-0.15, -0.1) is 0 Å². The third kappa shape index (κ3) is 5.05. The van der Waals surface area contributed by atoms with Crippen LogP contribution in [-0.2, 0) is 14.8 Å². The molecule has 2 aromatic heterocycles. The highest BCUT2D eigenvalue weighted by Gasteiger charge is 2.23. The van der Waals surface area contributed by atoms with Gasteiger partial charge in [-0.1, -0.05) is 24.2 Å². The standard InChI is InChI=1S/C25H23FN4O5S/c1-4-25(31)30(24-10-7-19(15-27-24)36(32,33)29-23-11-12-35-28-23)21-9-6-18(14-22(21)34-3)17-5-8-20(26)16(2)13-17/h5-15H,4H2,1-3H3,(H,28,29). The van der Waals surface area contributed by atoms with Gasteiger partial charge in [-0.05, 0) is 60.0 Å². The van der Waals surface area contributed by atoms with E-state index in [9.17, 15) is 17.6 Å². The molecule has 0 radical (unpaired) electrons. The Bertz CT molecular complexity index is 1490. The molecule has 1 amide bonds. The third-order valence-corrected chi connectivity index (χ3v) is 6.74. The molecule has 0 aliphatic rings. The van der Waals surface area contributed by atoms with Crippen LogP contribution in [0.15, 0.2) is 76.5 Å². The molecule has 1 N–H and O–H groups in total. The number of anilines is 3. The first-order valence-corrected chi connectivity index (χ1v) is 12.4. The van der Waals surface area contributed by atoms with Crippen molar-refractivity contribution in [3.63, 3.8) is 0 Å². The lowest BCUT2D eigenvalue weighted by atomic mass is 10.0. The minimum atomic E-state index is -3.96. The summed E-state index contributed by atoms with van der Waals surface area (Å²) in [5, 5.41) is 3.53. The summed E-state index contributed by atoms with van der Waals surface area (Å²) in [6.45, 7) is 3.39. The Morgan fingerprint density at radius 2 is 1.86 bits per heavy atom. The van der Waals surface area contributed by atoms with Crippen molar-refractivity contribution in [2.45, 2.75) is 25.2 Å². The molecule has 11 heteroatoms. The number of rotatable bonds is 8. The minimum Gasteiger partial charge on any atom is -0.495 e. The van der Waals surface area contributed by atoms with Crippen LogP contribution in [0.4, 0.5) is 21.7 Å². The molecule has 0 aliphatic heterocycles. The van der Waals surface area contributed by atoms with Gasteiger partial charge >= 0.3 is 0 Å². The molecule has 2 aromatic carbocycles. The second-order valence-corrected chi connectivity index (χ2v) is 9.46. The highest BCUT2D eigenvalue weighted by molar-refractivity contribution is 7.92. The summed E-state index contributed by atoms with van der Waals surface area (Å²) < 4.78 is 51.4. The molecule has 0 saturated heterocycles. The molecule has 4 aromatic rings. The molecule has 0 unspecified atom stereocenters. The van der Waals surface area contributed by atoms with E-state index in [4.69, 9.17) is 4.74 Å². The lowest BCUT2D eigenvalue weighted by Crippen LogP contribution is -2.26. The zero-order chi connectivity index (χ0) is 25.9. The van der Waals surface area contributed by atoms with Crippen LogP contribution >= 0.6 is 0 Å². The van der Waals surface area contributed by atoms with Crippen LogP contribution in [-0.4, -0.2) is 31.6 Å². The predicted octanol–water partition coefficient (Wildman–Crippen LogP) is 5.07. The van der Waals surface area contributed by atoms with Crippen LogP contribution in [0.2, 0.25) is 0 Å². The number of aromatic nitrogens is 2. The van der Waals surface area contributed by atoms with Gasteiger partial charge in [-0.3, -0.25) is 14.4 Å². The number of amides is 1. The maximum Gasteiger partial charge on any atom is 0.264 e. The number of hydrogen-bond acceptors (Lipinski definition) is 7. The lowest BCUT2D eigenvalue weighted by molar-refractivity contribution is -0.117. The van der Waals surface area contributed by atoms with Gasteiger partial charge in [0, 0.05) is 18.7 Å². The Hall–Kier alpha value is -4.25. The van der Waals surface area contributed by atoms with E-state index >= 15 is 0 Å². The normalized spacial score (nSPS) is 11.2. The Morgan fingerprint density at radius 3 is 2.47 bits per heavy atom. The fraction of sp³-hybridized carbons (Fsp3) is 0.160. The number of benzene rings is 2. The number of methoxy groups -OCH3 is 1. The van der Waals surface area contributed by atoms with E-state index in [-0.39, 0.29) is 34.7 Å². The Balaban J connectivity index is 1.70. The average Bonchev–Trinajstić information content (AvgIpc) is 3.38. The topological polar surface area (TPSA) is 115 Å². The van der Waals surface area contributed by atoms with Gasteiger partial charge < -0.3 is 9.26 Å². The quantitative estimate of drug-likeness (QED) is 0.352. The first kappa shape index (κ1) is 24.9. The summed E-state index contributed by atoms with van der Waals surface area (Å²) in [4.78, 5) is 18.4. The zero-order valence-electron chi connectivity index (χ0n) is 19.7. The van der Waals surface area contributed by atoms with Crippen molar-refractivity contribution in [1.82, 2.24) is 10.1 Å². The maximum atomic E-state index is 13.7. The predicted molar refractivity (Wildman–Crippen MR) is 132 cm³/mol. The van der Waals surface area contributed by atoms with E-state index < -0.39 is 10.0 Å². The average molecular weight is 511 g/mol. The number of nitrogens with zero attached hydrogens (tertiary/aromatic N) is 3. The summed E-state index contributed by atoms with van der Waals surface area (Å²) in [5.41, 5.74) is 2.50. The van der Waals surface area contributed by atoms with Gasteiger partial charge in [0.05, 0.1) is 12.8 Å². The number of nitrogens with one attached hydrogen (secondary N) is 1. The molecule has 0 atom stereocenters. The molecule has 9 nitrogen and oxygen atoms in total. The van der Waals surface area contributed by atoms with E-state index in [1.165, 1.54) is 42.5 Å². The van der Waals surface area contributed by atoms with Gasteiger partial charge in [0.2, 0.25) is 5.91 Å². The van der Waals surface area contributed by atoms with E-state index in [1.807, 2.05) is 0 Å². The first-order valence-electron chi connectivity index (χ1n) is 10.9. The van der Waals surface area contributed by atoms with Crippen molar-refractivity contribution in [2.75, 3.05) is 16.7 Å². The highest BCUT2D eigenvalue weighted by atomic mass is 32.2. The Kier molecular flexibility index (Phi) is 7.02. The summed E-state index contributed by atoms with van der Waals surface area (Å²) in [6.07, 6.45) is 2.55. The number of sulfonamides is 1. The summed E-state index contributed by atoms with van der Waals surface area (Å²) >= 11 is 0. The van der Waals surface area contributed by atoms with Gasteiger partial charge in [0.15, 0.2) is 5.82 Å². The van der Waals surface area contributed by atoms with Crippen molar-refractivity contribution in [1.29, 1.82) is 0 Å². The number of aryl methyl sites for hydroxylation is 1. The van der Waals surface area contributed by atoms with Crippen LogP contribution in [0.5, 0.6) is 5.75 Å². The SMILES string of the molecule is CCC(=O)N(c1ccc(S(=O)(=O)Nc2ccon2)cn1)c1ccc(-c2ccc(F)c(C)c2)cc1OC. The zero-order valence-corrected chi connectivity index (χ0v) is 20.5. The number of ether oxygens (including phenoxy) is 1. The molecule has 0 aliphatic carbocycles. The van der Waals surface area contributed by atoms with Crippen molar-refractivity contribution in [2.24, 2.45) is 0 Å². The second kappa shape index (κ2) is 10.2. The van der Waals surface area contributed by atoms with E-state index in [1.54, 1.807) is 44.2 Å². The molecule has 186 valence electrons. The molecule has 0 saturated carbocycles. The fourth-order valence-electron chi connectivity index (χ4n) is 3.54. The molecule has 36 heavy (non-hydrogen) atoms. The highest BCUT2D eigenvalue weighted by Crippen LogP contribution is 2.37. The number of pyridine rings is 1. The molecule has 4 rings (SSSR count). The van der Waals surface area contributed by atoms with E-state index in [0.29, 0.717) is 17.0 Å². The van der Waals surface area contributed by atoms with Gasteiger partial charge in [0.25, 0.3) is 10.0 Å². The van der Waals surface area contributed by atoms with Crippen molar-refractivity contribution < 1.29 is 26.9 Å². The molecule has 0 spiro atoms. The van der Waals surface area contributed by atoms with Crippen LogP contribution in [0, 0.1) is 12.7 Å². The van der Waals surface area contributed by atoms with Crippen molar-refractivity contribution in [3.05, 3.63) is 78.4 Å². The first-order chi connectivity index (χ1) is 17.2. The largest absolute Gasteiger partial charge is 0.495 e. The Labute approximate surface area is 207 Å². The minimum absolute atomic E-state index is 0.0306. The second-order valence-electron chi connectivity index (χ2n) is 7.78.